The van der Waals surface area contributed by atoms with Crippen molar-refractivity contribution in [1.82, 2.24) is 19.5 Å². The lowest BCUT2D eigenvalue weighted by Gasteiger charge is -2.17. The van der Waals surface area contributed by atoms with Crippen LogP contribution in [0.2, 0.25) is 0 Å². The molecule has 0 spiro atoms. The minimum Gasteiger partial charge on any atom is -0.387 e. The van der Waals surface area contributed by atoms with E-state index in [0.29, 0.717) is 23.0 Å². The summed E-state index contributed by atoms with van der Waals surface area (Å²) in [6, 6.07) is 0.401. The summed E-state index contributed by atoms with van der Waals surface area (Å²) >= 11 is 0. The normalized spacial score (nSPS) is 30.0. The monoisotopic (exact) mass is 343 g/mol. The molecule has 0 bridgehead atoms. The first-order valence-electron chi connectivity index (χ1n) is 8.58. The van der Waals surface area contributed by atoms with Crippen molar-refractivity contribution in [1.29, 1.82) is 0 Å². The van der Waals surface area contributed by atoms with E-state index in [1.807, 2.05) is 0 Å². The van der Waals surface area contributed by atoms with Crippen LogP contribution in [0.3, 0.4) is 0 Å². The summed E-state index contributed by atoms with van der Waals surface area (Å²) in [6.07, 6.45) is 9.69. The largest absolute Gasteiger partial charge is 0.387 e. The van der Waals surface area contributed by atoms with Crippen molar-refractivity contribution in [2.45, 2.75) is 62.7 Å². The third-order valence-electron chi connectivity index (χ3n) is 4.99. The topological polar surface area (TPSA) is 105 Å². The number of aromatic nitrogens is 4. The Balaban J connectivity index is 1.64. The number of nitrogens with one attached hydrogen (secondary N) is 1. The van der Waals surface area contributed by atoms with Gasteiger partial charge in [0.2, 0.25) is 0 Å². The molecule has 4 atom stereocenters. The molecule has 2 aromatic rings. The zero-order valence-corrected chi connectivity index (χ0v) is 13.7. The highest BCUT2D eigenvalue weighted by Crippen LogP contribution is 2.33. The number of imidazole rings is 1. The lowest BCUT2D eigenvalue weighted by molar-refractivity contribution is -0.0332. The summed E-state index contributed by atoms with van der Waals surface area (Å²) in [5, 5.41) is 23.9. The van der Waals surface area contributed by atoms with E-state index in [2.05, 4.69) is 26.2 Å². The number of anilines is 1. The number of nitrogens with zero attached hydrogens (tertiary/aromatic N) is 4. The Kier molecular flexibility index (Phi) is 4.29. The Hall–Kier alpha value is -2.21. The molecule has 1 aliphatic heterocycles. The van der Waals surface area contributed by atoms with Gasteiger partial charge >= 0.3 is 0 Å². The van der Waals surface area contributed by atoms with Crippen molar-refractivity contribution in [2.75, 3.05) is 5.32 Å². The minimum atomic E-state index is -1.10. The molecule has 132 valence electrons. The van der Waals surface area contributed by atoms with Crippen molar-refractivity contribution in [3.8, 4) is 12.3 Å². The van der Waals surface area contributed by atoms with E-state index in [0.717, 1.165) is 12.8 Å². The lowest BCUT2D eigenvalue weighted by atomic mass is 10.1. The number of aliphatic hydroxyl groups excluding tert-OH is 2. The predicted octanol–water partition coefficient (Wildman–Crippen LogP) is 0.823. The molecule has 2 aliphatic rings. The van der Waals surface area contributed by atoms with Gasteiger partial charge in [-0.2, -0.15) is 0 Å². The van der Waals surface area contributed by atoms with Gasteiger partial charge in [-0.05, 0) is 12.8 Å². The summed E-state index contributed by atoms with van der Waals surface area (Å²) in [5.74, 6) is 3.14. The standard InChI is InChI=1S/C17H21N5O3/c1-2-5-11-13(23)14(24)17(25-11)22-9-20-12-15(18-8-19-16(12)22)21-10-6-3-4-7-10/h1,8-11,13-14,17,23-24H,3-7H2,(H,18,19,21)/t11-,13?,14+,17-/m1/s1. The number of rotatable bonds is 4. The molecule has 1 unspecified atom stereocenters. The van der Waals surface area contributed by atoms with Crippen molar-refractivity contribution in [3.05, 3.63) is 12.7 Å². The fourth-order valence-electron chi connectivity index (χ4n) is 3.65. The van der Waals surface area contributed by atoms with Crippen molar-refractivity contribution in [2.24, 2.45) is 0 Å². The number of hydrogen-bond acceptors (Lipinski definition) is 7. The first kappa shape index (κ1) is 16.3. The molecule has 0 aromatic carbocycles. The Bertz CT molecular complexity index is 795. The Morgan fingerprint density at radius 3 is 2.80 bits per heavy atom. The van der Waals surface area contributed by atoms with Gasteiger partial charge in [0.25, 0.3) is 0 Å². The van der Waals surface area contributed by atoms with E-state index in [1.54, 1.807) is 10.9 Å². The van der Waals surface area contributed by atoms with Crippen LogP contribution in [0.15, 0.2) is 12.7 Å². The van der Waals surface area contributed by atoms with E-state index < -0.39 is 24.5 Å². The number of terminal acetylenes is 1. The van der Waals surface area contributed by atoms with Crippen LogP contribution in [-0.4, -0.2) is 54.1 Å². The van der Waals surface area contributed by atoms with Gasteiger partial charge in [-0.25, -0.2) is 15.0 Å². The van der Waals surface area contributed by atoms with Crippen molar-refractivity contribution in [3.63, 3.8) is 0 Å². The molecule has 8 nitrogen and oxygen atoms in total. The number of aliphatic hydroxyl groups is 2. The third kappa shape index (κ3) is 2.84. The zero-order chi connectivity index (χ0) is 17.4. The molecule has 25 heavy (non-hydrogen) atoms. The molecule has 1 saturated carbocycles. The van der Waals surface area contributed by atoms with Gasteiger partial charge in [0.1, 0.15) is 18.5 Å². The molecule has 4 rings (SSSR count). The molecule has 1 saturated heterocycles. The quantitative estimate of drug-likeness (QED) is 0.706. The van der Waals surface area contributed by atoms with Gasteiger partial charge in [-0.15, -0.1) is 12.3 Å². The average molecular weight is 343 g/mol. The number of hydrogen-bond donors (Lipinski definition) is 3. The van der Waals surface area contributed by atoms with E-state index >= 15 is 0 Å². The molecule has 2 aromatic heterocycles. The van der Waals surface area contributed by atoms with Crippen molar-refractivity contribution >= 4 is 17.0 Å². The van der Waals surface area contributed by atoms with Crippen LogP contribution in [0.25, 0.3) is 11.2 Å². The van der Waals surface area contributed by atoms with Crippen LogP contribution in [0, 0.1) is 12.3 Å². The Morgan fingerprint density at radius 1 is 1.24 bits per heavy atom. The smallest absolute Gasteiger partial charge is 0.167 e. The van der Waals surface area contributed by atoms with E-state index in [-0.39, 0.29) is 6.42 Å². The lowest BCUT2D eigenvalue weighted by Crippen LogP contribution is -2.31. The van der Waals surface area contributed by atoms with Crippen LogP contribution >= 0.6 is 0 Å². The Morgan fingerprint density at radius 2 is 2.04 bits per heavy atom. The SMILES string of the molecule is C#CC[C@H]1O[C@@H](n2cnc3c(NC4CCCC4)ncnc32)[C@@H](O)C1O. The molecule has 3 heterocycles. The maximum Gasteiger partial charge on any atom is 0.167 e. The minimum absolute atomic E-state index is 0.227. The van der Waals surface area contributed by atoms with Gasteiger partial charge < -0.3 is 20.3 Å². The molecule has 0 radical (unpaired) electrons. The highest BCUT2D eigenvalue weighted by Gasteiger charge is 2.43. The van der Waals surface area contributed by atoms with Gasteiger partial charge in [0.05, 0.1) is 12.4 Å². The van der Waals surface area contributed by atoms with Crippen LogP contribution < -0.4 is 5.32 Å². The van der Waals surface area contributed by atoms with Crippen LogP contribution in [0.4, 0.5) is 5.82 Å². The van der Waals surface area contributed by atoms with Gasteiger partial charge in [0.15, 0.2) is 23.2 Å². The number of fused-ring (bicyclic) bond motifs is 1. The first-order valence-corrected chi connectivity index (χ1v) is 8.58. The van der Waals surface area contributed by atoms with Crippen molar-refractivity contribution < 1.29 is 14.9 Å². The summed E-state index contributed by atoms with van der Waals surface area (Å²) in [6.45, 7) is 0. The fraction of sp³-hybridized carbons (Fsp3) is 0.588. The highest BCUT2D eigenvalue weighted by atomic mass is 16.6. The molecule has 1 aliphatic carbocycles. The zero-order valence-electron chi connectivity index (χ0n) is 13.7. The van der Waals surface area contributed by atoms with E-state index in [9.17, 15) is 10.2 Å². The summed E-state index contributed by atoms with van der Waals surface area (Å²) < 4.78 is 7.38. The summed E-state index contributed by atoms with van der Waals surface area (Å²) in [7, 11) is 0. The summed E-state index contributed by atoms with van der Waals surface area (Å²) in [4.78, 5) is 13.0. The molecule has 2 fully saturated rings. The molecule has 3 N–H and O–H groups in total. The van der Waals surface area contributed by atoms with Crippen LogP contribution in [0.1, 0.15) is 38.3 Å². The van der Waals surface area contributed by atoms with Gasteiger partial charge in [0, 0.05) is 12.5 Å². The maximum atomic E-state index is 10.3. The summed E-state index contributed by atoms with van der Waals surface area (Å²) in [5.41, 5.74) is 1.17. The van der Waals surface area contributed by atoms with E-state index in [1.165, 1.54) is 19.2 Å². The predicted molar refractivity (Wildman–Crippen MR) is 90.6 cm³/mol. The van der Waals surface area contributed by atoms with E-state index in [4.69, 9.17) is 11.2 Å². The molecular formula is C17H21N5O3. The highest BCUT2D eigenvalue weighted by molar-refractivity contribution is 5.82. The number of ether oxygens (including phenoxy) is 1. The molecular weight excluding hydrogens is 322 g/mol. The van der Waals surface area contributed by atoms with Crippen LogP contribution in [-0.2, 0) is 4.74 Å². The fourth-order valence-corrected chi connectivity index (χ4v) is 3.65. The first-order chi connectivity index (χ1) is 12.2. The Labute approximate surface area is 145 Å². The second-order valence-electron chi connectivity index (χ2n) is 6.63. The second-order valence-corrected chi connectivity index (χ2v) is 6.63. The van der Waals surface area contributed by atoms with Crippen LogP contribution in [0.5, 0.6) is 0 Å². The average Bonchev–Trinajstić information content (AvgIpc) is 3.32. The van der Waals surface area contributed by atoms with Gasteiger partial charge in [-0.1, -0.05) is 12.8 Å². The van der Waals surface area contributed by atoms with Gasteiger partial charge in [-0.3, -0.25) is 4.57 Å². The third-order valence-corrected chi connectivity index (χ3v) is 4.99. The maximum absolute atomic E-state index is 10.3. The molecule has 8 heteroatoms. The second kappa shape index (κ2) is 6.59. The molecule has 0 amide bonds.